The Labute approximate surface area is 120 Å². The highest BCUT2D eigenvalue weighted by Gasteiger charge is 2.04. The summed E-state index contributed by atoms with van der Waals surface area (Å²) in [6.07, 6.45) is 1.65. The minimum Gasteiger partial charge on any atom is -0.506 e. The van der Waals surface area contributed by atoms with Gasteiger partial charge in [0.05, 0.1) is 17.3 Å². The quantitative estimate of drug-likeness (QED) is 0.860. The SMILES string of the molecule is COc1ccc(N=Cc2cc(C)cc(Br)c2O)cc1. The van der Waals surface area contributed by atoms with E-state index in [1.807, 2.05) is 43.3 Å². The lowest BCUT2D eigenvalue weighted by molar-refractivity contribution is 0.415. The zero-order chi connectivity index (χ0) is 13.8. The highest BCUT2D eigenvalue weighted by molar-refractivity contribution is 9.10. The van der Waals surface area contributed by atoms with Crippen molar-refractivity contribution in [2.24, 2.45) is 4.99 Å². The maximum absolute atomic E-state index is 9.92. The molecule has 2 rings (SSSR count). The van der Waals surface area contributed by atoms with Crippen LogP contribution in [0.25, 0.3) is 0 Å². The first-order chi connectivity index (χ1) is 9.10. The normalized spacial score (nSPS) is 10.9. The van der Waals surface area contributed by atoms with Gasteiger partial charge < -0.3 is 9.84 Å². The van der Waals surface area contributed by atoms with Crippen molar-refractivity contribution in [3.8, 4) is 11.5 Å². The van der Waals surface area contributed by atoms with E-state index >= 15 is 0 Å². The van der Waals surface area contributed by atoms with Crippen LogP contribution in [0.4, 0.5) is 5.69 Å². The molecule has 19 heavy (non-hydrogen) atoms. The molecule has 2 aromatic carbocycles. The van der Waals surface area contributed by atoms with Crippen LogP contribution in [-0.4, -0.2) is 18.4 Å². The van der Waals surface area contributed by atoms with Gasteiger partial charge in [-0.2, -0.15) is 0 Å². The van der Waals surface area contributed by atoms with Crippen molar-refractivity contribution < 1.29 is 9.84 Å². The van der Waals surface area contributed by atoms with Crippen LogP contribution in [-0.2, 0) is 0 Å². The van der Waals surface area contributed by atoms with Gasteiger partial charge in [-0.05, 0) is 64.8 Å². The van der Waals surface area contributed by atoms with Gasteiger partial charge in [0.1, 0.15) is 11.5 Å². The molecule has 0 atom stereocenters. The largest absolute Gasteiger partial charge is 0.506 e. The number of methoxy groups -OCH3 is 1. The summed E-state index contributed by atoms with van der Waals surface area (Å²) in [5, 5.41) is 9.92. The monoisotopic (exact) mass is 319 g/mol. The van der Waals surface area contributed by atoms with Gasteiger partial charge in [0.25, 0.3) is 0 Å². The zero-order valence-electron chi connectivity index (χ0n) is 10.7. The fourth-order valence-electron chi connectivity index (χ4n) is 1.67. The molecular formula is C15H14BrNO2. The number of phenols is 1. The van der Waals surface area contributed by atoms with Crippen LogP contribution in [0.1, 0.15) is 11.1 Å². The number of halogens is 1. The first-order valence-corrected chi connectivity index (χ1v) is 6.56. The average Bonchev–Trinajstić information content (AvgIpc) is 2.41. The molecule has 3 nitrogen and oxygen atoms in total. The molecule has 0 aromatic heterocycles. The van der Waals surface area contributed by atoms with Gasteiger partial charge in [-0.1, -0.05) is 0 Å². The fraction of sp³-hybridized carbons (Fsp3) is 0.133. The summed E-state index contributed by atoms with van der Waals surface area (Å²) in [5.41, 5.74) is 2.54. The standard InChI is InChI=1S/C15H14BrNO2/c1-10-7-11(15(18)14(16)8-10)9-17-12-3-5-13(19-2)6-4-12/h3-9,18H,1-2H3. The Kier molecular flexibility index (Phi) is 4.22. The van der Waals surface area contributed by atoms with E-state index in [1.54, 1.807) is 13.3 Å². The molecule has 0 amide bonds. The Hall–Kier alpha value is -1.81. The third-order valence-electron chi connectivity index (χ3n) is 2.66. The molecule has 1 N–H and O–H groups in total. The zero-order valence-corrected chi connectivity index (χ0v) is 12.3. The molecule has 4 heteroatoms. The summed E-state index contributed by atoms with van der Waals surface area (Å²) in [6, 6.07) is 11.2. The van der Waals surface area contributed by atoms with Gasteiger partial charge in [0, 0.05) is 11.8 Å². The Morgan fingerprint density at radius 3 is 2.53 bits per heavy atom. The number of aliphatic imine (C=N–C) groups is 1. The number of benzene rings is 2. The van der Waals surface area contributed by atoms with E-state index in [9.17, 15) is 5.11 Å². The van der Waals surface area contributed by atoms with Gasteiger partial charge in [-0.25, -0.2) is 0 Å². The second-order valence-electron chi connectivity index (χ2n) is 4.14. The first-order valence-electron chi connectivity index (χ1n) is 5.77. The molecule has 0 saturated carbocycles. The lowest BCUT2D eigenvalue weighted by Crippen LogP contribution is -1.86. The number of phenolic OH excluding ortho intramolecular Hbond substituents is 1. The number of aromatic hydroxyl groups is 1. The Balaban J connectivity index is 2.27. The number of ether oxygens (including phenoxy) is 1. The van der Waals surface area contributed by atoms with Crippen LogP contribution in [0.2, 0.25) is 0 Å². The molecule has 0 unspecified atom stereocenters. The van der Waals surface area contributed by atoms with E-state index in [2.05, 4.69) is 20.9 Å². The molecule has 98 valence electrons. The van der Waals surface area contributed by atoms with E-state index in [1.165, 1.54) is 0 Å². The van der Waals surface area contributed by atoms with E-state index in [0.29, 0.717) is 10.0 Å². The molecule has 0 aliphatic heterocycles. The molecule has 0 fully saturated rings. The summed E-state index contributed by atoms with van der Waals surface area (Å²) in [4.78, 5) is 4.33. The fourth-order valence-corrected chi connectivity index (χ4v) is 2.26. The topological polar surface area (TPSA) is 41.8 Å². The second-order valence-corrected chi connectivity index (χ2v) is 5.00. The predicted molar refractivity (Wildman–Crippen MR) is 80.8 cm³/mol. The first kappa shape index (κ1) is 13.6. The molecule has 0 heterocycles. The number of nitrogens with zero attached hydrogens (tertiary/aromatic N) is 1. The third-order valence-corrected chi connectivity index (χ3v) is 3.27. The molecule has 0 aliphatic rings. The lowest BCUT2D eigenvalue weighted by atomic mass is 10.1. The number of rotatable bonds is 3. The van der Waals surface area contributed by atoms with E-state index in [4.69, 9.17) is 4.74 Å². The maximum Gasteiger partial charge on any atom is 0.138 e. The van der Waals surface area contributed by atoms with Crippen LogP contribution in [0.5, 0.6) is 11.5 Å². The number of aryl methyl sites for hydroxylation is 1. The van der Waals surface area contributed by atoms with Crippen molar-refractivity contribution in [2.45, 2.75) is 6.92 Å². The molecular weight excluding hydrogens is 306 g/mol. The van der Waals surface area contributed by atoms with Gasteiger partial charge in [-0.15, -0.1) is 0 Å². The summed E-state index contributed by atoms with van der Waals surface area (Å²) in [5.74, 6) is 0.989. The molecule has 2 aromatic rings. The summed E-state index contributed by atoms with van der Waals surface area (Å²) in [7, 11) is 1.63. The van der Waals surface area contributed by atoms with Crippen LogP contribution in [0.3, 0.4) is 0 Å². The molecule has 0 spiro atoms. The van der Waals surface area contributed by atoms with Crippen molar-refractivity contribution in [3.63, 3.8) is 0 Å². The molecule has 0 radical (unpaired) electrons. The van der Waals surface area contributed by atoms with Crippen molar-refractivity contribution >= 4 is 27.8 Å². The lowest BCUT2D eigenvalue weighted by Gasteiger charge is -2.03. The average molecular weight is 320 g/mol. The maximum atomic E-state index is 9.92. The predicted octanol–water partition coefficient (Wildman–Crippen LogP) is 4.22. The van der Waals surface area contributed by atoms with Crippen LogP contribution in [0, 0.1) is 6.92 Å². The molecule has 0 bridgehead atoms. The molecule has 0 aliphatic carbocycles. The van der Waals surface area contributed by atoms with E-state index < -0.39 is 0 Å². The van der Waals surface area contributed by atoms with Crippen molar-refractivity contribution in [1.29, 1.82) is 0 Å². The Bertz CT molecular complexity index is 606. The number of hydrogen-bond donors (Lipinski definition) is 1. The highest BCUT2D eigenvalue weighted by atomic mass is 79.9. The Morgan fingerprint density at radius 2 is 1.89 bits per heavy atom. The minimum atomic E-state index is 0.197. The van der Waals surface area contributed by atoms with Crippen LogP contribution >= 0.6 is 15.9 Å². The summed E-state index contributed by atoms with van der Waals surface area (Å²) >= 11 is 3.31. The van der Waals surface area contributed by atoms with Crippen molar-refractivity contribution in [3.05, 3.63) is 52.0 Å². The van der Waals surface area contributed by atoms with Crippen LogP contribution < -0.4 is 4.74 Å². The summed E-state index contributed by atoms with van der Waals surface area (Å²) < 4.78 is 5.75. The van der Waals surface area contributed by atoms with Gasteiger partial charge in [0.2, 0.25) is 0 Å². The van der Waals surface area contributed by atoms with E-state index in [0.717, 1.165) is 17.0 Å². The Morgan fingerprint density at radius 1 is 1.21 bits per heavy atom. The number of hydrogen-bond acceptors (Lipinski definition) is 3. The smallest absolute Gasteiger partial charge is 0.138 e. The molecule has 0 saturated heterocycles. The second kappa shape index (κ2) is 5.89. The van der Waals surface area contributed by atoms with Gasteiger partial charge in [0.15, 0.2) is 0 Å². The van der Waals surface area contributed by atoms with Gasteiger partial charge in [-0.3, -0.25) is 4.99 Å². The van der Waals surface area contributed by atoms with Crippen molar-refractivity contribution in [2.75, 3.05) is 7.11 Å². The third kappa shape index (κ3) is 3.35. The van der Waals surface area contributed by atoms with Gasteiger partial charge >= 0.3 is 0 Å². The summed E-state index contributed by atoms with van der Waals surface area (Å²) in [6.45, 7) is 1.97. The van der Waals surface area contributed by atoms with Crippen LogP contribution in [0.15, 0.2) is 45.9 Å². The van der Waals surface area contributed by atoms with Crippen molar-refractivity contribution in [1.82, 2.24) is 0 Å². The minimum absolute atomic E-state index is 0.197. The highest BCUT2D eigenvalue weighted by Crippen LogP contribution is 2.28. The van der Waals surface area contributed by atoms with E-state index in [-0.39, 0.29) is 5.75 Å².